The summed E-state index contributed by atoms with van der Waals surface area (Å²) in [4.78, 5) is 49.9. The second kappa shape index (κ2) is 20.1. The Bertz CT molecular complexity index is 2470. The van der Waals surface area contributed by atoms with Crippen LogP contribution in [0.3, 0.4) is 0 Å². The van der Waals surface area contributed by atoms with E-state index in [0.717, 1.165) is 49.0 Å². The molecular weight excluding hydrogens is 874 g/mol. The number of imide groups is 1. The van der Waals surface area contributed by atoms with Crippen molar-refractivity contribution >= 4 is 62.3 Å². The Labute approximate surface area is 374 Å². The predicted molar refractivity (Wildman–Crippen MR) is 237 cm³/mol. The Morgan fingerprint density at radius 3 is 2.37 bits per heavy atom. The largest absolute Gasteiger partial charge is 0.624 e. The Balaban J connectivity index is 0.800. The van der Waals surface area contributed by atoms with Crippen molar-refractivity contribution in [2.45, 2.75) is 38.1 Å². The smallest absolute Gasteiger partial charge is 0.421 e. The minimum atomic E-state index is -4.74. The molecule has 18 nitrogen and oxygen atoms in total. The molecule has 2 fully saturated rings. The highest BCUT2D eigenvalue weighted by molar-refractivity contribution is 7.92. The van der Waals surface area contributed by atoms with Gasteiger partial charge in [-0.1, -0.05) is 30.3 Å². The van der Waals surface area contributed by atoms with Gasteiger partial charge in [0.2, 0.25) is 21.9 Å². The topological polar surface area (TPSA) is 210 Å². The summed E-state index contributed by atoms with van der Waals surface area (Å²) in [7, 11) is -2.24. The first kappa shape index (κ1) is 47.1. The molecule has 65 heavy (non-hydrogen) atoms. The lowest BCUT2D eigenvalue weighted by molar-refractivity contribution is -0.825. The van der Waals surface area contributed by atoms with Crippen LogP contribution >= 0.6 is 0 Å². The van der Waals surface area contributed by atoms with Gasteiger partial charge in [-0.2, -0.15) is 18.2 Å². The molecule has 1 aromatic heterocycles. The molecule has 3 amide bonds. The molecule has 4 N–H and O–H groups in total. The number of carbonyl (C=O) groups is 3. The lowest BCUT2D eigenvalue weighted by Crippen LogP contribution is -2.60. The van der Waals surface area contributed by atoms with E-state index in [9.17, 15) is 41.2 Å². The lowest BCUT2D eigenvalue weighted by atomic mass is 10.0. The Morgan fingerprint density at radius 2 is 1.66 bits per heavy atom. The zero-order chi connectivity index (χ0) is 46.4. The molecule has 2 saturated heterocycles. The van der Waals surface area contributed by atoms with E-state index in [4.69, 9.17) is 9.47 Å². The van der Waals surface area contributed by atoms with E-state index in [1.165, 1.54) is 7.05 Å². The van der Waals surface area contributed by atoms with Gasteiger partial charge in [0, 0.05) is 88.8 Å². The molecule has 3 aliphatic rings. The average molecular weight is 925 g/mol. The number of rotatable bonds is 19. The number of fused-ring (bicyclic) bond motifs is 1. The first-order valence-corrected chi connectivity index (χ1v) is 22.9. The molecule has 2 atom stereocenters. The number of ether oxygens (including phenoxy) is 2. The number of sulfonamides is 1. The zero-order valence-corrected chi connectivity index (χ0v) is 36.7. The third-order valence-electron chi connectivity index (χ3n) is 11.5. The maximum absolute atomic E-state index is 13.9. The minimum Gasteiger partial charge on any atom is -0.624 e. The van der Waals surface area contributed by atoms with E-state index in [0.29, 0.717) is 67.4 Å². The monoisotopic (exact) mass is 924 g/mol. The van der Waals surface area contributed by atoms with Crippen LogP contribution in [0.1, 0.15) is 39.9 Å². The van der Waals surface area contributed by atoms with Crippen molar-refractivity contribution in [3.8, 4) is 0 Å². The quantitative estimate of drug-likeness (QED) is 0.0448. The van der Waals surface area contributed by atoms with Crippen LogP contribution in [0.5, 0.6) is 0 Å². The van der Waals surface area contributed by atoms with Gasteiger partial charge < -0.3 is 35.5 Å². The molecular formula is C43H51F3N10O8S. The second-order valence-corrected chi connectivity index (χ2v) is 17.9. The van der Waals surface area contributed by atoms with Crippen LogP contribution in [-0.2, 0) is 48.4 Å². The van der Waals surface area contributed by atoms with Gasteiger partial charge in [-0.05, 0) is 42.0 Å². The number of nitrogens with zero attached hydrogens (tertiary/aromatic N) is 6. The standard InChI is InChI=1S/C43H51F3N10O8S/c1-53(65(2,61)62)35-9-4-3-6-29(35)26-48-39-33(43(44,45)46)27-49-42(52-39)50-31-10-12-32(13-11-31)55-19-17-54(18-20-55)21-23-64-25-24-63-22-16-47-34-8-5-7-30-28-56(60,41(59)38(30)34)36-14-15-37(57)51-40(36)58/h3-13,27,36,47H,14-26,28H2,1-2H3,(H,51,57,58)(H2,48,49,50,52). The summed E-state index contributed by atoms with van der Waals surface area (Å²) in [6.07, 6.45) is -2.95. The van der Waals surface area contributed by atoms with E-state index < -0.39 is 56.0 Å². The molecule has 3 aliphatic heterocycles. The Hall–Kier alpha value is -5.91. The van der Waals surface area contributed by atoms with Crippen molar-refractivity contribution in [2.75, 3.05) is 104 Å². The van der Waals surface area contributed by atoms with E-state index in [2.05, 4.69) is 41.0 Å². The number of carbonyl (C=O) groups excluding carboxylic acids is 3. The van der Waals surface area contributed by atoms with Crippen molar-refractivity contribution in [1.29, 1.82) is 0 Å². The number of nitrogens with one attached hydrogen (secondary N) is 4. The molecule has 7 rings (SSSR count). The fourth-order valence-corrected chi connectivity index (χ4v) is 8.51. The second-order valence-electron chi connectivity index (χ2n) is 15.9. The van der Waals surface area contributed by atoms with Crippen molar-refractivity contribution in [1.82, 2.24) is 20.2 Å². The summed E-state index contributed by atoms with van der Waals surface area (Å²) in [5.41, 5.74) is 2.60. The molecule has 4 heterocycles. The molecule has 348 valence electrons. The van der Waals surface area contributed by atoms with Gasteiger partial charge >= 0.3 is 12.1 Å². The number of hydroxylamine groups is 3. The highest BCUT2D eigenvalue weighted by atomic mass is 32.2. The number of quaternary nitrogens is 1. The summed E-state index contributed by atoms with van der Waals surface area (Å²) in [6, 6.07) is 17.9. The number of anilines is 6. The number of aromatic nitrogens is 2. The van der Waals surface area contributed by atoms with Gasteiger partial charge in [0.25, 0.3) is 5.91 Å². The highest BCUT2D eigenvalue weighted by Gasteiger charge is 2.50. The number of alkyl halides is 3. The van der Waals surface area contributed by atoms with Gasteiger partial charge in [0.05, 0.1) is 44.1 Å². The van der Waals surface area contributed by atoms with Crippen molar-refractivity contribution in [3.63, 3.8) is 0 Å². The maximum Gasteiger partial charge on any atom is 0.421 e. The number of amides is 3. The predicted octanol–water partition coefficient (Wildman–Crippen LogP) is 4.29. The highest BCUT2D eigenvalue weighted by Crippen LogP contribution is 2.38. The van der Waals surface area contributed by atoms with Crippen LogP contribution in [-0.4, -0.2) is 131 Å². The van der Waals surface area contributed by atoms with Crippen molar-refractivity contribution in [2.24, 2.45) is 0 Å². The molecule has 4 aromatic rings. The Morgan fingerprint density at radius 1 is 0.938 bits per heavy atom. The molecule has 0 bridgehead atoms. The number of halogens is 3. The maximum atomic E-state index is 13.9. The number of piperidine rings is 1. The van der Waals surface area contributed by atoms with Gasteiger partial charge in [0.15, 0.2) is 6.04 Å². The molecule has 2 unspecified atom stereocenters. The van der Waals surface area contributed by atoms with Gasteiger partial charge in [0.1, 0.15) is 23.5 Å². The molecule has 0 saturated carbocycles. The normalized spacial score (nSPS) is 19.2. The van der Waals surface area contributed by atoms with Crippen molar-refractivity contribution < 1.29 is 50.1 Å². The fraction of sp³-hybridized carbons (Fsp3) is 0.419. The Kier molecular flexibility index (Phi) is 14.5. The van der Waals surface area contributed by atoms with Crippen LogP contribution < -0.4 is 30.5 Å². The number of piperazine rings is 1. The van der Waals surface area contributed by atoms with Crippen LogP contribution in [0.4, 0.5) is 47.7 Å². The van der Waals surface area contributed by atoms with Gasteiger partial charge in [-0.25, -0.2) is 18.2 Å². The first-order chi connectivity index (χ1) is 31.0. The molecule has 0 spiro atoms. The molecule has 3 aromatic carbocycles. The van der Waals surface area contributed by atoms with E-state index >= 15 is 0 Å². The first-order valence-electron chi connectivity index (χ1n) is 21.0. The fourth-order valence-electron chi connectivity index (χ4n) is 7.97. The summed E-state index contributed by atoms with van der Waals surface area (Å²) in [5, 5.41) is 24.7. The van der Waals surface area contributed by atoms with Gasteiger partial charge in [-0.3, -0.25) is 28.8 Å². The lowest BCUT2D eigenvalue weighted by Gasteiger charge is -2.42. The van der Waals surface area contributed by atoms with Crippen molar-refractivity contribution in [3.05, 3.63) is 100 Å². The third-order valence-corrected chi connectivity index (χ3v) is 12.7. The van der Waals surface area contributed by atoms with E-state index in [-0.39, 0.29) is 37.4 Å². The summed E-state index contributed by atoms with van der Waals surface area (Å²) < 4.78 is 77.4. The number of hydrogen-bond donors (Lipinski definition) is 4. The number of para-hydroxylation sites is 1. The molecule has 0 aliphatic carbocycles. The van der Waals surface area contributed by atoms with Crippen LogP contribution in [0, 0.1) is 5.21 Å². The van der Waals surface area contributed by atoms with E-state index in [1.54, 1.807) is 54.6 Å². The van der Waals surface area contributed by atoms with E-state index in [1.807, 2.05) is 12.1 Å². The average Bonchev–Trinajstić information content (AvgIpc) is 3.54. The summed E-state index contributed by atoms with van der Waals surface area (Å²) in [5.74, 6) is -2.37. The van der Waals surface area contributed by atoms with Crippen LogP contribution in [0.15, 0.2) is 72.9 Å². The molecule has 22 heteroatoms. The van der Waals surface area contributed by atoms with Crippen LogP contribution in [0.2, 0.25) is 0 Å². The summed E-state index contributed by atoms with van der Waals surface area (Å²) in [6.45, 7) is 5.66. The zero-order valence-electron chi connectivity index (χ0n) is 35.9. The third kappa shape index (κ3) is 11.3. The van der Waals surface area contributed by atoms with Crippen LogP contribution in [0.25, 0.3) is 0 Å². The van der Waals surface area contributed by atoms with Gasteiger partial charge in [-0.15, -0.1) is 0 Å². The minimum absolute atomic E-state index is 0.0162. The molecule has 0 radical (unpaired) electrons. The SMILES string of the molecule is CN(c1ccccc1CNc1nc(Nc2ccc(N3CCN(CCOCCOCCNc4cccc5c4C(=O)[N+]([O-])(C4CCC(=O)NC4=O)C5)CC3)cc2)ncc1C(F)(F)F)S(C)(=O)=O. The summed E-state index contributed by atoms with van der Waals surface area (Å²) >= 11 is 0. The number of benzene rings is 3. The number of hydrogen-bond acceptors (Lipinski definition) is 15.